The first-order valence-corrected chi connectivity index (χ1v) is 11.9. The van der Waals surface area contributed by atoms with Gasteiger partial charge in [0.05, 0.1) is 0 Å². The highest BCUT2D eigenvalue weighted by atomic mass is 31.2. The van der Waals surface area contributed by atoms with Gasteiger partial charge in [0.2, 0.25) is 7.29 Å². The molecule has 22 heavy (non-hydrogen) atoms. The maximum atomic E-state index is 14.0. The molecule has 0 aliphatic heterocycles. The van der Waals surface area contributed by atoms with Gasteiger partial charge < -0.3 is 0 Å². The molecule has 0 heterocycles. The molecule has 0 amide bonds. The van der Waals surface area contributed by atoms with Crippen LogP contribution in [0, 0.1) is 0 Å². The minimum atomic E-state index is -2.92. The molecule has 118 valence electrons. The van der Waals surface area contributed by atoms with Crippen LogP contribution in [-0.4, -0.2) is 18.5 Å². The first-order valence-electron chi connectivity index (χ1n) is 7.92. The van der Waals surface area contributed by atoms with Gasteiger partial charge in [0.1, 0.15) is 0 Å². The topological polar surface area (TPSA) is 29.4 Å². The average molecular weight is 333 g/mol. The normalized spacial score (nSPS) is 12.1. The molecule has 0 bridgehead atoms. The Morgan fingerprint density at radius 1 is 0.727 bits per heavy atom. The molecule has 0 aromatic heterocycles. The van der Waals surface area contributed by atoms with Crippen LogP contribution in [0.3, 0.4) is 0 Å². The Bertz CT molecular complexity index is 633. The molecule has 0 unspecified atom stereocenters. The van der Waals surface area contributed by atoms with E-state index < -0.39 is 14.3 Å². The van der Waals surface area contributed by atoms with E-state index in [0.29, 0.717) is 0 Å². The number of benzene rings is 2. The molecule has 0 saturated heterocycles. The van der Waals surface area contributed by atoms with Gasteiger partial charge in [-0.1, -0.05) is 57.2 Å². The minimum Gasteiger partial charge on any atom is -0.288 e. The Hall–Kier alpha value is -1.10. The van der Waals surface area contributed by atoms with Crippen LogP contribution in [0.2, 0.25) is 0 Å². The van der Waals surface area contributed by atoms with E-state index in [1.807, 2.05) is 60.7 Å². The predicted octanol–water partition coefficient (Wildman–Crippen LogP) is 5.18. The first kappa shape index (κ1) is 17.3. The van der Waals surface area contributed by atoms with Crippen molar-refractivity contribution in [3.8, 4) is 0 Å². The SMILES string of the molecule is CCP(CC)(CC)=NP(=O)(c1ccccc1)c1ccccc1. The number of hydrogen-bond donors (Lipinski definition) is 0. The summed E-state index contributed by atoms with van der Waals surface area (Å²) in [4.78, 5) is 0. The van der Waals surface area contributed by atoms with Gasteiger partial charge in [0, 0.05) is 10.6 Å². The monoisotopic (exact) mass is 333 g/mol. The van der Waals surface area contributed by atoms with Crippen molar-refractivity contribution in [2.45, 2.75) is 20.8 Å². The summed E-state index contributed by atoms with van der Waals surface area (Å²) in [6.07, 6.45) is 3.05. The molecule has 0 radical (unpaired) electrons. The van der Waals surface area contributed by atoms with Crippen molar-refractivity contribution < 1.29 is 4.57 Å². The number of rotatable bonds is 6. The molecule has 0 aliphatic carbocycles. The summed E-state index contributed by atoms with van der Waals surface area (Å²) in [5, 5.41) is 1.70. The summed E-state index contributed by atoms with van der Waals surface area (Å²) in [6.45, 7) is 6.56. The summed E-state index contributed by atoms with van der Waals surface area (Å²) in [5.41, 5.74) is 0. The van der Waals surface area contributed by atoms with E-state index in [-0.39, 0.29) is 0 Å². The van der Waals surface area contributed by atoms with Crippen molar-refractivity contribution in [1.82, 2.24) is 0 Å². The quantitative estimate of drug-likeness (QED) is 0.670. The standard InChI is InChI=1S/C18H25NOP2/c1-4-21(5-2,6-3)19-22(20,17-13-9-7-10-14-17)18-15-11-8-12-16-18/h7-16H,4-6H2,1-3H3. The van der Waals surface area contributed by atoms with E-state index >= 15 is 0 Å². The zero-order chi connectivity index (χ0) is 16.1. The molecule has 4 heteroatoms. The molecule has 0 saturated carbocycles. The second-order valence-electron chi connectivity index (χ2n) is 5.38. The average Bonchev–Trinajstić information content (AvgIpc) is 2.61. The second kappa shape index (κ2) is 7.44. The van der Waals surface area contributed by atoms with Gasteiger partial charge in [-0.3, -0.25) is 4.57 Å². The van der Waals surface area contributed by atoms with Gasteiger partial charge in [-0.05, 0) is 49.8 Å². The lowest BCUT2D eigenvalue weighted by molar-refractivity contribution is 0.588. The lowest BCUT2D eigenvalue weighted by atomic mass is 10.4. The van der Waals surface area contributed by atoms with Crippen molar-refractivity contribution in [3.05, 3.63) is 60.7 Å². The van der Waals surface area contributed by atoms with Crippen molar-refractivity contribution in [3.63, 3.8) is 0 Å². The lowest BCUT2D eigenvalue weighted by Crippen LogP contribution is -2.14. The van der Waals surface area contributed by atoms with E-state index in [1.165, 1.54) is 0 Å². The molecule has 0 atom stereocenters. The molecule has 0 aliphatic rings. The van der Waals surface area contributed by atoms with Crippen LogP contribution in [0.5, 0.6) is 0 Å². The van der Waals surface area contributed by atoms with Gasteiger partial charge in [0.25, 0.3) is 0 Å². The summed E-state index contributed by atoms with van der Waals surface area (Å²) in [7, 11) is -4.45. The fourth-order valence-corrected chi connectivity index (χ4v) is 9.91. The highest BCUT2D eigenvalue weighted by Gasteiger charge is 2.29. The minimum absolute atomic E-state index is 0.848. The van der Waals surface area contributed by atoms with Crippen LogP contribution in [0.15, 0.2) is 65.2 Å². The Labute approximate surface area is 134 Å². The predicted molar refractivity (Wildman–Crippen MR) is 101 cm³/mol. The van der Waals surface area contributed by atoms with Crippen LogP contribution in [0.4, 0.5) is 0 Å². The third-order valence-electron chi connectivity index (χ3n) is 4.29. The zero-order valence-electron chi connectivity index (χ0n) is 13.6. The van der Waals surface area contributed by atoms with Crippen molar-refractivity contribution in [2.75, 3.05) is 18.5 Å². The van der Waals surface area contributed by atoms with E-state index in [4.69, 9.17) is 4.52 Å². The fraction of sp³-hybridized carbons (Fsp3) is 0.333. The van der Waals surface area contributed by atoms with Gasteiger partial charge in [-0.2, -0.15) is 0 Å². The highest BCUT2D eigenvalue weighted by molar-refractivity contribution is 7.84. The van der Waals surface area contributed by atoms with E-state index in [9.17, 15) is 4.57 Å². The highest BCUT2D eigenvalue weighted by Crippen LogP contribution is 2.60. The Morgan fingerprint density at radius 3 is 1.41 bits per heavy atom. The van der Waals surface area contributed by atoms with Crippen LogP contribution in [0.25, 0.3) is 0 Å². The summed E-state index contributed by atoms with van der Waals surface area (Å²) < 4.78 is 19.1. The van der Waals surface area contributed by atoms with Crippen molar-refractivity contribution in [2.24, 2.45) is 4.52 Å². The molecular weight excluding hydrogens is 308 g/mol. The fourth-order valence-electron chi connectivity index (χ4n) is 2.64. The second-order valence-corrected chi connectivity index (χ2v) is 12.4. The van der Waals surface area contributed by atoms with Crippen LogP contribution < -0.4 is 10.6 Å². The van der Waals surface area contributed by atoms with Crippen LogP contribution >= 0.6 is 14.3 Å². The first-order chi connectivity index (χ1) is 10.6. The van der Waals surface area contributed by atoms with Gasteiger partial charge in [0.15, 0.2) is 0 Å². The van der Waals surface area contributed by atoms with Crippen LogP contribution in [-0.2, 0) is 4.57 Å². The lowest BCUT2D eigenvalue weighted by Gasteiger charge is -2.25. The molecule has 2 aromatic rings. The summed E-state index contributed by atoms with van der Waals surface area (Å²) >= 11 is 0. The summed E-state index contributed by atoms with van der Waals surface area (Å²) in [5.74, 6) is 0. The molecule has 2 rings (SSSR count). The molecule has 0 N–H and O–H groups in total. The third-order valence-corrected chi connectivity index (χ3v) is 12.3. The largest absolute Gasteiger partial charge is 0.288 e. The maximum Gasteiger partial charge on any atom is 0.246 e. The number of nitrogens with zero attached hydrogens (tertiary/aromatic N) is 1. The Kier molecular flexibility index (Phi) is 5.84. The molecule has 0 spiro atoms. The summed E-state index contributed by atoms with van der Waals surface area (Å²) in [6, 6.07) is 19.5. The van der Waals surface area contributed by atoms with Crippen LogP contribution in [0.1, 0.15) is 20.8 Å². The van der Waals surface area contributed by atoms with E-state index in [2.05, 4.69) is 20.8 Å². The van der Waals surface area contributed by atoms with E-state index in [1.54, 1.807) is 0 Å². The molecule has 2 nitrogen and oxygen atoms in total. The van der Waals surface area contributed by atoms with Gasteiger partial charge in [-0.15, -0.1) is 0 Å². The third kappa shape index (κ3) is 3.45. The van der Waals surface area contributed by atoms with Crippen molar-refractivity contribution >= 4 is 25.0 Å². The zero-order valence-corrected chi connectivity index (χ0v) is 15.4. The smallest absolute Gasteiger partial charge is 0.246 e. The Morgan fingerprint density at radius 2 is 1.09 bits per heavy atom. The van der Waals surface area contributed by atoms with Crippen molar-refractivity contribution in [1.29, 1.82) is 0 Å². The molecular formula is C18H25NOP2. The van der Waals surface area contributed by atoms with E-state index in [0.717, 1.165) is 29.1 Å². The van der Waals surface area contributed by atoms with Gasteiger partial charge in [-0.25, -0.2) is 4.52 Å². The maximum absolute atomic E-state index is 14.0. The molecule has 0 fully saturated rings. The molecule has 2 aromatic carbocycles. The van der Waals surface area contributed by atoms with Gasteiger partial charge >= 0.3 is 0 Å². The number of hydrogen-bond acceptors (Lipinski definition) is 1. The Balaban J connectivity index is 2.73.